The lowest BCUT2D eigenvalue weighted by atomic mass is 10.2. The van der Waals surface area contributed by atoms with Gasteiger partial charge in [0.15, 0.2) is 17.0 Å². The molecule has 10 nitrogen and oxygen atoms in total. The molecule has 3 heterocycles. The number of ketones is 1. The van der Waals surface area contributed by atoms with Gasteiger partial charge in [0.1, 0.15) is 5.78 Å². The molecule has 0 aliphatic carbocycles. The Bertz CT molecular complexity index is 1130. The summed E-state index contributed by atoms with van der Waals surface area (Å²) < 4.78 is 38.1. The number of carbonyl (C=O) groups excluding carboxylic acids is 2. The molecule has 0 aromatic carbocycles. The van der Waals surface area contributed by atoms with Gasteiger partial charge in [-0.2, -0.15) is 8.78 Å². The van der Waals surface area contributed by atoms with Gasteiger partial charge in [0, 0.05) is 40.2 Å². The summed E-state index contributed by atoms with van der Waals surface area (Å²) in [6.45, 7) is 1.87. The van der Waals surface area contributed by atoms with Gasteiger partial charge in [0.05, 0.1) is 13.2 Å². The van der Waals surface area contributed by atoms with Gasteiger partial charge in [-0.25, -0.2) is 9.78 Å². The second-order valence-electron chi connectivity index (χ2n) is 7.60. The first kappa shape index (κ1) is 22.8. The summed E-state index contributed by atoms with van der Waals surface area (Å²) in [4.78, 5) is 53.9. The number of aryl methyl sites for hydroxylation is 2. The van der Waals surface area contributed by atoms with Crippen molar-refractivity contribution < 1.29 is 23.1 Å². The zero-order valence-electron chi connectivity index (χ0n) is 17.7. The average molecular weight is 441 g/mol. The first-order valence-corrected chi connectivity index (χ1v) is 9.98. The topological polar surface area (TPSA) is 108 Å². The molecule has 0 unspecified atom stereocenters. The first-order valence-electron chi connectivity index (χ1n) is 9.98. The molecule has 170 valence electrons. The summed E-state index contributed by atoms with van der Waals surface area (Å²) >= 11 is 0. The first-order chi connectivity index (χ1) is 14.6. The normalized spacial score (nSPS) is 14.9. The largest absolute Gasteiger partial charge is 0.381 e. The summed E-state index contributed by atoms with van der Waals surface area (Å²) in [5.41, 5.74) is -1.88. The molecule has 2 aromatic rings. The van der Waals surface area contributed by atoms with E-state index in [1.807, 2.05) is 0 Å². The van der Waals surface area contributed by atoms with Crippen molar-refractivity contribution in [1.82, 2.24) is 23.6 Å². The molecule has 1 amide bonds. The summed E-state index contributed by atoms with van der Waals surface area (Å²) in [6, 6.07) is 0. The van der Waals surface area contributed by atoms with Crippen LogP contribution in [0, 0.1) is 0 Å². The van der Waals surface area contributed by atoms with Crippen molar-refractivity contribution in [3.8, 4) is 0 Å². The minimum absolute atomic E-state index is 0.000792. The van der Waals surface area contributed by atoms with Gasteiger partial charge >= 0.3 is 17.5 Å². The highest BCUT2D eigenvalue weighted by Crippen LogP contribution is 2.31. The minimum atomic E-state index is -3.99. The van der Waals surface area contributed by atoms with Crippen molar-refractivity contribution in [2.75, 3.05) is 26.3 Å². The number of hydrogen-bond acceptors (Lipinski definition) is 6. The summed E-state index contributed by atoms with van der Waals surface area (Å²) in [6.07, 6.45) is 1.21. The van der Waals surface area contributed by atoms with Crippen LogP contribution in [0.25, 0.3) is 11.2 Å². The van der Waals surface area contributed by atoms with Crippen molar-refractivity contribution in [2.45, 2.75) is 38.7 Å². The average Bonchev–Trinajstić information content (AvgIpc) is 3.09. The predicted octanol–water partition coefficient (Wildman–Crippen LogP) is 0.144. The van der Waals surface area contributed by atoms with E-state index in [2.05, 4.69) is 4.98 Å². The van der Waals surface area contributed by atoms with Gasteiger partial charge in [-0.05, 0) is 19.8 Å². The number of unbranched alkanes of at least 4 members (excludes halogenated alkanes) is 1. The number of rotatable bonds is 7. The fourth-order valence-electron chi connectivity index (χ4n) is 3.63. The van der Waals surface area contributed by atoms with Gasteiger partial charge in [-0.15, -0.1) is 0 Å². The number of imidazole rings is 1. The van der Waals surface area contributed by atoms with Gasteiger partial charge < -0.3 is 19.0 Å². The Hall–Kier alpha value is -2.89. The molecule has 1 aliphatic heterocycles. The van der Waals surface area contributed by atoms with Crippen LogP contribution in [0.1, 0.15) is 32.0 Å². The number of fused-ring (bicyclic) bond motifs is 1. The molecule has 3 rings (SSSR count). The predicted molar refractivity (Wildman–Crippen MR) is 106 cm³/mol. The summed E-state index contributed by atoms with van der Waals surface area (Å²) in [5.74, 6) is -6.32. The quantitative estimate of drug-likeness (QED) is 0.566. The van der Waals surface area contributed by atoms with Crippen LogP contribution in [-0.2, 0) is 40.9 Å². The molecule has 0 spiro atoms. The fourth-order valence-corrected chi connectivity index (χ4v) is 3.63. The van der Waals surface area contributed by atoms with Crippen molar-refractivity contribution in [2.24, 2.45) is 14.1 Å². The number of nitrogens with zero attached hydrogens (tertiary/aromatic N) is 5. The second-order valence-corrected chi connectivity index (χ2v) is 7.60. The maximum absolute atomic E-state index is 15.1. The number of Topliss-reactive ketones (excluding diaryl/α,β-unsaturated/α-hetero) is 1. The van der Waals surface area contributed by atoms with Crippen molar-refractivity contribution >= 4 is 22.9 Å². The molecule has 1 fully saturated rings. The van der Waals surface area contributed by atoms with Crippen LogP contribution >= 0.6 is 0 Å². The third kappa shape index (κ3) is 4.16. The van der Waals surface area contributed by atoms with Crippen molar-refractivity contribution in [3.63, 3.8) is 0 Å². The van der Waals surface area contributed by atoms with Crippen LogP contribution in [0.4, 0.5) is 8.78 Å². The molecular weight excluding hydrogens is 416 g/mol. The Morgan fingerprint density at radius 1 is 1.10 bits per heavy atom. The molecule has 31 heavy (non-hydrogen) atoms. The number of ether oxygens (including phenoxy) is 1. The van der Waals surface area contributed by atoms with Crippen molar-refractivity contribution in [1.29, 1.82) is 0 Å². The molecule has 0 saturated carbocycles. The van der Waals surface area contributed by atoms with Gasteiger partial charge in [0.2, 0.25) is 0 Å². The van der Waals surface area contributed by atoms with E-state index in [0.717, 1.165) is 18.6 Å². The van der Waals surface area contributed by atoms with E-state index in [-0.39, 0.29) is 49.8 Å². The second kappa shape index (κ2) is 8.69. The van der Waals surface area contributed by atoms with Crippen LogP contribution < -0.4 is 11.2 Å². The van der Waals surface area contributed by atoms with Crippen LogP contribution in [0.3, 0.4) is 0 Å². The lowest BCUT2D eigenvalue weighted by molar-refractivity contribution is -0.164. The molecular formula is C19H25F2N5O5. The summed E-state index contributed by atoms with van der Waals surface area (Å²) in [7, 11) is 2.55. The molecule has 0 N–H and O–H groups in total. The minimum Gasteiger partial charge on any atom is -0.378 e. The fraction of sp³-hybridized carbons (Fsp3) is 0.632. The lowest BCUT2D eigenvalue weighted by Crippen LogP contribution is -2.48. The number of alkyl halides is 2. The number of carbonyl (C=O) groups is 2. The van der Waals surface area contributed by atoms with E-state index < -0.39 is 28.9 Å². The zero-order chi connectivity index (χ0) is 22.9. The molecule has 0 bridgehead atoms. The highest BCUT2D eigenvalue weighted by molar-refractivity contribution is 5.85. The number of halogens is 2. The number of hydrogen-bond donors (Lipinski definition) is 0. The van der Waals surface area contributed by atoms with E-state index in [1.165, 1.54) is 21.0 Å². The number of amides is 1. The van der Waals surface area contributed by atoms with E-state index in [9.17, 15) is 19.2 Å². The molecule has 2 aromatic heterocycles. The Morgan fingerprint density at radius 3 is 2.35 bits per heavy atom. The van der Waals surface area contributed by atoms with Gasteiger partial charge in [-0.1, -0.05) is 0 Å². The Kier molecular flexibility index (Phi) is 6.39. The standard InChI is InChI=1S/C19H25F2N5O5/c1-12(27)6-4-5-7-26-15(28)13-14(24(3)18(26)30)22-16(23(13)2)19(20,21)17(29)25-8-10-31-11-9-25/h4-11H2,1-3H3. The molecule has 1 saturated heterocycles. The maximum atomic E-state index is 15.1. The van der Waals surface area contributed by atoms with Crippen LogP contribution in [0.15, 0.2) is 9.59 Å². The Balaban J connectivity index is 2.03. The maximum Gasteiger partial charge on any atom is 0.381 e. The van der Waals surface area contributed by atoms with Crippen LogP contribution in [0.5, 0.6) is 0 Å². The van der Waals surface area contributed by atoms with Crippen LogP contribution in [0.2, 0.25) is 0 Å². The van der Waals surface area contributed by atoms with E-state index >= 15 is 8.78 Å². The molecule has 0 atom stereocenters. The smallest absolute Gasteiger partial charge is 0.378 e. The Labute approximate surface area is 176 Å². The lowest BCUT2D eigenvalue weighted by Gasteiger charge is -2.29. The third-order valence-electron chi connectivity index (χ3n) is 5.37. The molecule has 1 aliphatic rings. The monoisotopic (exact) mass is 441 g/mol. The van der Waals surface area contributed by atoms with Crippen LogP contribution in [-0.4, -0.2) is 61.6 Å². The van der Waals surface area contributed by atoms with Gasteiger partial charge in [-0.3, -0.25) is 18.7 Å². The van der Waals surface area contributed by atoms with E-state index in [0.29, 0.717) is 19.3 Å². The zero-order valence-corrected chi connectivity index (χ0v) is 17.7. The summed E-state index contributed by atoms with van der Waals surface area (Å²) in [5, 5.41) is 0. The highest BCUT2D eigenvalue weighted by atomic mass is 19.3. The van der Waals surface area contributed by atoms with Crippen molar-refractivity contribution in [3.05, 3.63) is 26.7 Å². The highest BCUT2D eigenvalue weighted by Gasteiger charge is 2.48. The SMILES string of the molecule is CC(=O)CCCCn1c(=O)c2c(nc(C(F)(F)C(=O)N3CCOCC3)n2C)n(C)c1=O. The molecule has 12 heteroatoms. The number of aromatic nitrogens is 4. The third-order valence-corrected chi connectivity index (χ3v) is 5.37. The van der Waals surface area contributed by atoms with E-state index in [1.54, 1.807) is 0 Å². The van der Waals surface area contributed by atoms with Gasteiger partial charge in [0.25, 0.3) is 5.56 Å². The number of morpholine rings is 1. The Morgan fingerprint density at radius 2 is 1.74 bits per heavy atom. The molecule has 0 radical (unpaired) electrons. The van der Waals surface area contributed by atoms with E-state index in [4.69, 9.17) is 4.74 Å².